The number of hydrogen-bond acceptors (Lipinski definition) is 4. The van der Waals surface area contributed by atoms with Gasteiger partial charge >= 0.3 is 0 Å². The number of aliphatic hydroxyl groups excluding tert-OH is 1. The Kier molecular flexibility index (Phi) is 4.44. The lowest BCUT2D eigenvalue weighted by Gasteiger charge is -2.11. The van der Waals surface area contributed by atoms with E-state index in [9.17, 15) is 4.79 Å². The number of benzene rings is 1. The van der Waals surface area contributed by atoms with E-state index < -0.39 is 0 Å². The van der Waals surface area contributed by atoms with Crippen LogP contribution in [0.2, 0.25) is 0 Å². The second-order valence-corrected chi connectivity index (χ2v) is 6.34. The minimum Gasteiger partial charge on any atom is -0.397 e. The predicted molar refractivity (Wildman–Crippen MR) is 82.6 cm³/mol. The van der Waals surface area contributed by atoms with Crippen molar-refractivity contribution in [2.45, 2.75) is 19.4 Å². The number of nitrogens with two attached hydrogens (primary N) is 1. The highest BCUT2D eigenvalue weighted by atomic mass is 79.9. The molecule has 0 radical (unpaired) electrons. The van der Waals surface area contributed by atoms with Crippen LogP contribution in [-0.4, -0.2) is 23.7 Å². The van der Waals surface area contributed by atoms with Gasteiger partial charge in [-0.25, -0.2) is 0 Å². The molecule has 1 amide bonds. The van der Waals surface area contributed by atoms with Crippen molar-refractivity contribution >= 4 is 48.9 Å². The minimum absolute atomic E-state index is 0.0519. The first-order chi connectivity index (χ1) is 9.02. The Labute approximate surface area is 123 Å². The van der Waals surface area contributed by atoms with Crippen LogP contribution in [0.1, 0.15) is 23.0 Å². The van der Waals surface area contributed by atoms with Crippen LogP contribution in [0.15, 0.2) is 22.7 Å². The van der Waals surface area contributed by atoms with Crippen LogP contribution in [0.3, 0.4) is 0 Å². The summed E-state index contributed by atoms with van der Waals surface area (Å²) in [6.07, 6.45) is 0.530. The van der Waals surface area contributed by atoms with E-state index in [-0.39, 0.29) is 18.6 Å². The molecule has 6 heteroatoms. The molecular formula is C13H15BrN2O2S. The van der Waals surface area contributed by atoms with Gasteiger partial charge in [0, 0.05) is 27.2 Å². The Morgan fingerprint density at radius 1 is 1.58 bits per heavy atom. The van der Waals surface area contributed by atoms with E-state index in [4.69, 9.17) is 10.8 Å². The fourth-order valence-corrected chi connectivity index (χ4v) is 3.18. The zero-order valence-electron chi connectivity index (χ0n) is 10.4. The number of halogens is 1. The van der Waals surface area contributed by atoms with Gasteiger partial charge in [-0.3, -0.25) is 4.79 Å². The lowest BCUT2D eigenvalue weighted by Crippen LogP contribution is -2.33. The molecule has 1 atom stereocenters. The summed E-state index contributed by atoms with van der Waals surface area (Å²) in [7, 11) is 0. The molecule has 0 aliphatic heterocycles. The van der Waals surface area contributed by atoms with Crippen molar-refractivity contribution in [3.63, 3.8) is 0 Å². The number of nitrogens with one attached hydrogen (secondary N) is 1. The molecule has 0 aliphatic carbocycles. The summed E-state index contributed by atoms with van der Waals surface area (Å²) >= 11 is 4.77. The number of anilines is 1. The molecule has 1 aromatic heterocycles. The largest absolute Gasteiger partial charge is 0.397 e. The van der Waals surface area contributed by atoms with E-state index in [0.717, 1.165) is 14.6 Å². The van der Waals surface area contributed by atoms with Gasteiger partial charge < -0.3 is 16.2 Å². The van der Waals surface area contributed by atoms with Gasteiger partial charge in [-0.05, 0) is 31.5 Å². The summed E-state index contributed by atoms with van der Waals surface area (Å²) in [6.45, 7) is 1.91. The number of thiophene rings is 1. The summed E-state index contributed by atoms with van der Waals surface area (Å²) in [4.78, 5) is 12.7. The summed E-state index contributed by atoms with van der Waals surface area (Å²) < 4.78 is 1.92. The first-order valence-corrected chi connectivity index (χ1v) is 7.53. The van der Waals surface area contributed by atoms with Crippen LogP contribution >= 0.6 is 27.3 Å². The minimum atomic E-state index is -0.184. The molecule has 102 valence electrons. The normalized spacial score (nSPS) is 12.6. The van der Waals surface area contributed by atoms with Crippen molar-refractivity contribution in [1.29, 1.82) is 0 Å². The highest BCUT2D eigenvalue weighted by Gasteiger charge is 2.17. The topological polar surface area (TPSA) is 75.3 Å². The second-order valence-electron chi connectivity index (χ2n) is 4.37. The van der Waals surface area contributed by atoms with Crippen molar-refractivity contribution in [1.82, 2.24) is 5.32 Å². The van der Waals surface area contributed by atoms with Gasteiger partial charge in [0.2, 0.25) is 0 Å². The predicted octanol–water partition coefficient (Wildman–Crippen LogP) is 2.75. The van der Waals surface area contributed by atoms with Crippen LogP contribution in [0.25, 0.3) is 10.1 Å². The van der Waals surface area contributed by atoms with E-state index in [1.807, 2.05) is 25.1 Å². The molecule has 4 N–H and O–H groups in total. The Balaban J connectivity index is 2.30. The third kappa shape index (κ3) is 3.08. The molecule has 1 aromatic carbocycles. The number of nitrogen functional groups attached to an aromatic ring is 1. The van der Waals surface area contributed by atoms with Gasteiger partial charge in [0.25, 0.3) is 5.91 Å². The van der Waals surface area contributed by atoms with Gasteiger partial charge in [-0.1, -0.05) is 15.9 Å². The highest BCUT2D eigenvalue weighted by Crippen LogP contribution is 2.35. The van der Waals surface area contributed by atoms with E-state index in [1.165, 1.54) is 11.3 Å². The lowest BCUT2D eigenvalue weighted by atomic mass is 10.2. The smallest absolute Gasteiger partial charge is 0.263 e. The zero-order valence-corrected chi connectivity index (χ0v) is 12.8. The molecular weight excluding hydrogens is 328 g/mol. The third-order valence-electron chi connectivity index (χ3n) is 2.83. The van der Waals surface area contributed by atoms with E-state index >= 15 is 0 Å². The molecule has 2 rings (SSSR count). The van der Waals surface area contributed by atoms with Crippen LogP contribution in [-0.2, 0) is 0 Å². The third-order valence-corrected chi connectivity index (χ3v) is 4.51. The number of carbonyl (C=O) groups excluding carboxylic acids is 1. The van der Waals surface area contributed by atoms with Gasteiger partial charge in [-0.2, -0.15) is 0 Å². The van der Waals surface area contributed by atoms with E-state index in [1.54, 1.807) is 0 Å². The molecule has 1 heterocycles. The molecule has 0 saturated carbocycles. The number of amides is 1. The standard InChI is InChI=1S/C13H15BrN2O2S/c1-7(4-5-17)16-13(18)12-11(15)9-6-8(14)2-3-10(9)19-12/h2-3,6-7,17H,4-5,15H2,1H3,(H,16,18). The van der Waals surface area contributed by atoms with Gasteiger partial charge in [0.15, 0.2) is 0 Å². The monoisotopic (exact) mass is 342 g/mol. The number of aliphatic hydroxyl groups is 1. The molecule has 19 heavy (non-hydrogen) atoms. The first-order valence-electron chi connectivity index (χ1n) is 5.92. The average Bonchev–Trinajstić information content (AvgIpc) is 2.67. The number of hydrogen-bond donors (Lipinski definition) is 3. The van der Waals surface area contributed by atoms with Crippen molar-refractivity contribution in [2.24, 2.45) is 0 Å². The Morgan fingerprint density at radius 2 is 2.32 bits per heavy atom. The van der Waals surface area contributed by atoms with E-state index in [0.29, 0.717) is 17.0 Å². The zero-order chi connectivity index (χ0) is 14.0. The summed E-state index contributed by atoms with van der Waals surface area (Å²) in [6, 6.07) is 5.70. The Morgan fingerprint density at radius 3 is 3.00 bits per heavy atom. The van der Waals surface area contributed by atoms with Gasteiger partial charge in [0.1, 0.15) is 4.88 Å². The molecule has 4 nitrogen and oxygen atoms in total. The van der Waals surface area contributed by atoms with Gasteiger partial charge in [0.05, 0.1) is 5.69 Å². The van der Waals surface area contributed by atoms with Crippen molar-refractivity contribution < 1.29 is 9.90 Å². The molecule has 0 aliphatic rings. The summed E-state index contributed by atoms with van der Waals surface area (Å²) in [5.41, 5.74) is 6.55. The maximum Gasteiger partial charge on any atom is 0.263 e. The quantitative estimate of drug-likeness (QED) is 0.799. The fourth-order valence-electron chi connectivity index (χ4n) is 1.81. The molecule has 0 fully saturated rings. The Bertz CT molecular complexity index is 612. The molecule has 1 unspecified atom stereocenters. The molecule has 2 aromatic rings. The first kappa shape index (κ1) is 14.3. The fraction of sp³-hybridized carbons (Fsp3) is 0.308. The molecule has 0 spiro atoms. The van der Waals surface area contributed by atoms with Crippen molar-refractivity contribution in [3.8, 4) is 0 Å². The second kappa shape index (κ2) is 5.90. The van der Waals surface area contributed by atoms with E-state index in [2.05, 4.69) is 21.2 Å². The number of carbonyl (C=O) groups is 1. The molecule has 0 bridgehead atoms. The Hall–Kier alpha value is -1.11. The van der Waals surface area contributed by atoms with Crippen LogP contribution in [0.4, 0.5) is 5.69 Å². The maximum atomic E-state index is 12.1. The number of fused-ring (bicyclic) bond motifs is 1. The van der Waals surface area contributed by atoms with Crippen molar-refractivity contribution in [3.05, 3.63) is 27.5 Å². The van der Waals surface area contributed by atoms with Crippen molar-refractivity contribution in [2.75, 3.05) is 12.3 Å². The highest BCUT2D eigenvalue weighted by molar-refractivity contribution is 9.10. The van der Waals surface area contributed by atoms with Crippen LogP contribution < -0.4 is 11.1 Å². The molecule has 0 saturated heterocycles. The van der Waals surface area contributed by atoms with Crippen LogP contribution in [0, 0.1) is 0 Å². The lowest BCUT2D eigenvalue weighted by molar-refractivity contribution is 0.0939. The van der Waals surface area contributed by atoms with Gasteiger partial charge in [-0.15, -0.1) is 11.3 Å². The number of rotatable bonds is 4. The SMILES string of the molecule is CC(CCO)NC(=O)c1sc2ccc(Br)cc2c1N. The summed E-state index contributed by atoms with van der Waals surface area (Å²) in [5.74, 6) is -0.184. The average molecular weight is 343 g/mol. The maximum absolute atomic E-state index is 12.1. The summed E-state index contributed by atoms with van der Waals surface area (Å²) in [5, 5.41) is 12.6. The van der Waals surface area contributed by atoms with Crippen LogP contribution in [0.5, 0.6) is 0 Å².